The van der Waals surface area contributed by atoms with E-state index in [4.69, 9.17) is 15.2 Å². The van der Waals surface area contributed by atoms with Gasteiger partial charge in [-0.05, 0) is 12.8 Å². The van der Waals surface area contributed by atoms with Crippen molar-refractivity contribution in [3.05, 3.63) is 12.1 Å². The summed E-state index contributed by atoms with van der Waals surface area (Å²) in [6.45, 7) is 4.31. The van der Waals surface area contributed by atoms with Crippen molar-refractivity contribution in [3.8, 4) is 11.5 Å². The van der Waals surface area contributed by atoms with E-state index in [1.165, 1.54) is 0 Å². The van der Waals surface area contributed by atoms with Crippen LogP contribution >= 0.6 is 0 Å². The molecule has 1 aromatic carbocycles. The summed E-state index contributed by atoms with van der Waals surface area (Å²) in [5, 5.41) is 0. The van der Waals surface area contributed by atoms with Crippen LogP contribution in [0.3, 0.4) is 0 Å². The summed E-state index contributed by atoms with van der Waals surface area (Å²) in [4.78, 5) is 4.42. The molecule has 2 aromatic rings. The number of anilines is 1. The Kier molecular flexibility index (Phi) is 3.83. The SMILES string of the molecule is CCC(CC)n1c(N)nc2cc(OC)c(OC)cc21. The third-order valence-electron chi connectivity index (χ3n) is 3.53. The average Bonchev–Trinajstić information content (AvgIpc) is 2.74. The molecule has 0 amide bonds. The first-order valence-electron chi connectivity index (χ1n) is 6.55. The Hall–Kier alpha value is -1.91. The number of nitrogens with zero attached hydrogens (tertiary/aromatic N) is 2. The van der Waals surface area contributed by atoms with Crippen LogP contribution in [0.2, 0.25) is 0 Å². The highest BCUT2D eigenvalue weighted by Gasteiger charge is 2.17. The summed E-state index contributed by atoms with van der Waals surface area (Å²) in [7, 11) is 3.25. The minimum Gasteiger partial charge on any atom is -0.493 e. The van der Waals surface area contributed by atoms with E-state index in [1.807, 2.05) is 12.1 Å². The van der Waals surface area contributed by atoms with Crippen LogP contribution in [-0.4, -0.2) is 23.8 Å². The fourth-order valence-corrected chi connectivity index (χ4v) is 2.48. The summed E-state index contributed by atoms with van der Waals surface area (Å²) >= 11 is 0. The molecular weight excluding hydrogens is 242 g/mol. The van der Waals surface area contributed by atoms with Gasteiger partial charge in [0.1, 0.15) is 0 Å². The van der Waals surface area contributed by atoms with Crippen LogP contribution in [0.15, 0.2) is 12.1 Å². The first-order valence-corrected chi connectivity index (χ1v) is 6.55. The van der Waals surface area contributed by atoms with Gasteiger partial charge in [0.25, 0.3) is 0 Å². The lowest BCUT2D eigenvalue weighted by Crippen LogP contribution is -2.10. The van der Waals surface area contributed by atoms with Crippen LogP contribution in [0.1, 0.15) is 32.7 Å². The van der Waals surface area contributed by atoms with Crippen LogP contribution in [0.25, 0.3) is 11.0 Å². The molecule has 2 rings (SSSR count). The number of hydrogen-bond acceptors (Lipinski definition) is 4. The van der Waals surface area contributed by atoms with Gasteiger partial charge in [-0.3, -0.25) is 0 Å². The van der Waals surface area contributed by atoms with Gasteiger partial charge >= 0.3 is 0 Å². The Balaban J connectivity index is 2.68. The van der Waals surface area contributed by atoms with E-state index >= 15 is 0 Å². The third-order valence-corrected chi connectivity index (χ3v) is 3.53. The van der Waals surface area contributed by atoms with E-state index in [-0.39, 0.29) is 0 Å². The predicted molar refractivity (Wildman–Crippen MR) is 76.9 cm³/mol. The highest BCUT2D eigenvalue weighted by Crippen LogP contribution is 2.35. The smallest absolute Gasteiger partial charge is 0.201 e. The molecule has 0 fully saturated rings. The molecule has 1 heterocycles. The summed E-state index contributed by atoms with van der Waals surface area (Å²) in [5.74, 6) is 1.91. The zero-order chi connectivity index (χ0) is 14.0. The maximum Gasteiger partial charge on any atom is 0.201 e. The summed E-state index contributed by atoms with van der Waals surface area (Å²) in [6.07, 6.45) is 2.03. The molecule has 0 bridgehead atoms. The molecular formula is C14H21N3O2. The fraction of sp³-hybridized carbons (Fsp3) is 0.500. The third kappa shape index (κ3) is 2.20. The van der Waals surface area contributed by atoms with Crippen LogP contribution < -0.4 is 15.2 Å². The minimum absolute atomic E-state index is 0.350. The maximum absolute atomic E-state index is 6.06. The second kappa shape index (κ2) is 5.38. The fourth-order valence-electron chi connectivity index (χ4n) is 2.48. The molecule has 0 spiro atoms. The molecule has 1 aromatic heterocycles. The molecule has 5 heteroatoms. The van der Waals surface area contributed by atoms with Crippen molar-refractivity contribution in [3.63, 3.8) is 0 Å². The number of fused-ring (bicyclic) bond motifs is 1. The van der Waals surface area contributed by atoms with Crippen molar-refractivity contribution in [1.82, 2.24) is 9.55 Å². The number of aromatic nitrogens is 2. The monoisotopic (exact) mass is 263 g/mol. The van der Waals surface area contributed by atoms with Gasteiger partial charge in [0.15, 0.2) is 11.5 Å². The molecule has 0 aliphatic rings. The largest absolute Gasteiger partial charge is 0.493 e. The van der Waals surface area contributed by atoms with Crippen molar-refractivity contribution in [2.75, 3.05) is 20.0 Å². The predicted octanol–water partition coefficient (Wildman–Crippen LogP) is 3.00. The highest BCUT2D eigenvalue weighted by atomic mass is 16.5. The molecule has 19 heavy (non-hydrogen) atoms. The number of hydrogen-bond donors (Lipinski definition) is 1. The molecule has 0 aliphatic heterocycles. The van der Waals surface area contributed by atoms with Gasteiger partial charge in [0.05, 0.1) is 25.3 Å². The summed E-state index contributed by atoms with van der Waals surface area (Å²) < 4.78 is 12.7. The highest BCUT2D eigenvalue weighted by molar-refractivity contribution is 5.82. The molecule has 2 N–H and O–H groups in total. The number of nitrogen functional groups attached to an aromatic ring is 1. The minimum atomic E-state index is 0.350. The zero-order valence-corrected chi connectivity index (χ0v) is 11.9. The van der Waals surface area contributed by atoms with E-state index in [0.717, 1.165) is 23.9 Å². The standard InChI is InChI=1S/C14H21N3O2/c1-5-9(6-2)17-11-8-13(19-4)12(18-3)7-10(11)16-14(17)15/h7-9H,5-6H2,1-4H3,(H2,15,16). The average molecular weight is 263 g/mol. The van der Waals surface area contributed by atoms with Gasteiger partial charge in [-0.25, -0.2) is 4.98 Å². The molecule has 0 saturated carbocycles. The normalized spacial score (nSPS) is 11.2. The van der Waals surface area contributed by atoms with Crippen molar-refractivity contribution in [2.45, 2.75) is 32.7 Å². The van der Waals surface area contributed by atoms with E-state index in [0.29, 0.717) is 23.5 Å². The second-order valence-corrected chi connectivity index (χ2v) is 4.51. The molecule has 0 radical (unpaired) electrons. The van der Waals surface area contributed by atoms with Gasteiger partial charge in [-0.15, -0.1) is 0 Å². The second-order valence-electron chi connectivity index (χ2n) is 4.51. The number of methoxy groups -OCH3 is 2. The van der Waals surface area contributed by atoms with Crippen LogP contribution in [0.5, 0.6) is 11.5 Å². The Bertz CT molecular complexity index is 574. The topological polar surface area (TPSA) is 62.3 Å². The number of ether oxygens (including phenoxy) is 2. The molecule has 0 aliphatic carbocycles. The van der Waals surface area contributed by atoms with Crippen molar-refractivity contribution >= 4 is 17.0 Å². The lowest BCUT2D eigenvalue weighted by molar-refractivity contribution is 0.355. The first kappa shape index (κ1) is 13.5. The van der Waals surface area contributed by atoms with Crippen molar-refractivity contribution in [2.24, 2.45) is 0 Å². The van der Waals surface area contributed by atoms with E-state index < -0.39 is 0 Å². The first-order chi connectivity index (χ1) is 9.15. The summed E-state index contributed by atoms with van der Waals surface area (Å²) in [5.41, 5.74) is 7.88. The Labute approximate surface area is 113 Å². The van der Waals surface area contributed by atoms with Crippen LogP contribution in [0.4, 0.5) is 5.95 Å². The molecule has 0 saturated heterocycles. The molecule has 0 atom stereocenters. The number of rotatable bonds is 5. The Morgan fingerprint density at radius 3 is 2.26 bits per heavy atom. The van der Waals surface area contributed by atoms with E-state index in [2.05, 4.69) is 23.4 Å². The lowest BCUT2D eigenvalue weighted by atomic mass is 10.1. The van der Waals surface area contributed by atoms with Gasteiger partial charge in [-0.1, -0.05) is 13.8 Å². The lowest BCUT2D eigenvalue weighted by Gasteiger charge is -2.17. The van der Waals surface area contributed by atoms with Crippen molar-refractivity contribution < 1.29 is 9.47 Å². The maximum atomic E-state index is 6.06. The summed E-state index contributed by atoms with van der Waals surface area (Å²) in [6, 6.07) is 4.15. The zero-order valence-electron chi connectivity index (χ0n) is 11.9. The van der Waals surface area contributed by atoms with Crippen LogP contribution in [-0.2, 0) is 0 Å². The van der Waals surface area contributed by atoms with E-state index in [9.17, 15) is 0 Å². The van der Waals surface area contributed by atoms with Crippen molar-refractivity contribution in [1.29, 1.82) is 0 Å². The number of nitrogens with two attached hydrogens (primary N) is 1. The van der Waals surface area contributed by atoms with Gasteiger partial charge < -0.3 is 19.8 Å². The molecule has 0 unspecified atom stereocenters. The quantitative estimate of drug-likeness (QED) is 0.900. The van der Waals surface area contributed by atoms with Crippen LogP contribution in [0, 0.1) is 0 Å². The number of benzene rings is 1. The number of imidazole rings is 1. The molecule has 104 valence electrons. The van der Waals surface area contributed by atoms with Gasteiger partial charge in [-0.2, -0.15) is 0 Å². The van der Waals surface area contributed by atoms with E-state index in [1.54, 1.807) is 14.2 Å². The van der Waals surface area contributed by atoms with Gasteiger partial charge in [0.2, 0.25) is 5.95 Å². The van der Waals surface area contributed by atoms with Gasteiger partial charge in [0, 0.05) is 18.2 Å². The molecule has 5 nitrogen and oxygen atoms in total. The Morgan fingerprint density at radius 2 is 1.74 bits per heavy atom. The Morgan fingerprint density at radius 1 is 1.16 bits per heavy atom.